The summed E-state index contributed by atoms with van der Waals surface area (Å²) in [7, 11) is 3.50. The molecule has 30 heavy (non-hydrogen) atoms. The van der Waals surface area contributed by atoms with E-state index in [0.717, 1.165) is 49.3 Å². The van der Waals surface area contributed by atoms with Crippen LogP contribution in [0.5, 0.6) is 5.75 Å². The minimum atomic E-state index is 0.371. The van der Waals surface area contributed by atoms with Gasteiger partial charge in [0.1, 0.15) is 5.75 Å². The molecule has 1 aromatic carbocycles. The molecule has 1 aliphatic rings. The van der Waals surface area contributed by atoms with Crippen molar-refractivity contribution in [3.05, 3.63) is 47.3 Å². The summed E-state index contributed by atoms with van der Waals surface area (Å²) in [6.45, 7) is 8.99. The van der Waals surface area contributed by atoms with Crippen LogP contribution in [0.3, 0.4) is 0 Å². The fourth-order valence-electron chi connectivity index (χ4n) is 3.65. The molecule has 7 heteroatoms. The Bertz CT molecular complexity index is 792. The summed E-state index contributed by atoms with van der Waals surface area (Å²) in [5.74, 6) is 3.57. The maximum atomic E-state index is 5.38. The first-order valence-electron chi connectivity index (χ1n) is 10.8. The highest BCUT2D eigenvalue weighted by atomic mass is 16.5. The van der Waals surface area contributed by atoms with Gasteiger partial charge in [-0.15, -0.1) is 0 Å². The van der Waals surface area contributed by atoms with Crippen LogP contribution in [0.2, 0.25) is 0 Å². The molecule has 0 amide bonds. The maximum absolute atomic E-state index is 5.38. The Morgan fingerprint density at radius 2 is 1.97 bits per heavy atom. The third kappa shape index (κ3) is 6.49. The third-order valence-corrected chi connectivity index (χ3v) is 5.65. The topological polar surface area (TPSA) is 74.9 Å². The van der Waals surface area contributed by atoms with E-state index in [0.29, 0.717) is 18.4 Å². The van der Waals surface area contributed by atoms with Gasteiger partial charge in [0.05, 0.1) is 19.3 Å². The molecule has 0 radical (unpaired) electrons. The van der Waals surface area contributed by atoms with Crippen LogP contribution in [-0.4, -0.2) is 49.8 Å². The van der Waals surface area contributed by atoms with Gasteiger partial charge in [-0.2, -0.15) is 0 Å². The van der Waals surface area contributed by atoms with Gasteiger partial charge in [-0.05, 0) is 55.5 Å². The molecule has 7 nitrogen and oxygen atoms in total. The number of ether oxygens (including phenoxy) is 1. The number of rotatable bonds is 8. The van der Waals surface area contributed by atoms with Crippen LogP contribution < -0.4 is 15.4 Å². The molecule has 1 fully saturated rings. The lowest BCUT2D eigenvalue weighted by Gasteiger charge is -2.32. The van der Waals surface area contributed by atoms with Gasteiger partial charge in [-0.1, -0.05) is 31.1 Å². The van der Waals surface area contributed by atoms with Crippen LogP contribution in [0, 0.1) is 5.92 Å². The molecule has 1 aliphatic heterocycles. The number of hydrogen-bond donors (Lipinski definition) is 2. The Morgan fingerprint density at radius 3 is 2.57 bits per heavy atom. The molecule has 1 saturated heterocycles. The van der Waals surface area contributed by atoms with E-state index in [1.54, 1.807) is 14.2 Å². The van der Waals surface area contributed by atoms with Crippen molar-refractivity contribution in [1.82, 2.24) is 20.7 Å². The van der Waals surface area contributed by atoms with Crippen molar-refractivity contribution in [2.45, 2.75) is 45.7 Å². The summed E-state index contributed by atoms with van der Waals surface area (Å²) in [5.41, 5.74) is 2.32. The molecule has 0 aliphatic carbocycles. The molecule has 0 atom stereocenters. The fourth-order valence-corrected chi connectivity index (χ4v) is 3.65. The predicted octanol–water partition coefficient (Wildman–Crippen LogP) is 3.38. The van der Waals surface area contributed by atoms with Crippen LogP contribution in [0.4, 0.5) is 0 Å². The van der Waals surface area contributed by atoms with Gasteiger partial charge in [0.2, 0.25) is 0 Å². The Labute approximate surface area is 179 Å². The highest BCUT2D eigenvalue weighted by molar-refractivity contribution is 5.79. The van der Waals surface area contributed by atoms with Crippen molar-refractivity contribution in [1.29, 1.82) is 0 Å². The standard InChI is InChI=1S/C23H35N5O2/c1-17(2)22-13-21(30-27-22)15-26-23(24-3)25-14-18-9-11-28(12-10-18)16-19-5-7-20(29-4)8-6-19/h5-8,13,17-18H,9-12,14-16H2,1-4H3,(H2,24,25,26). The van der Waals surface area contributed by atoms with Crippen LogP contribution in [0.15, 0.2) is 39.8 Å². The first-order valence-corrected chi connectivity index (χ1v) is 10.8. The first-order chi connectivity index (χ1) is 14.6. The van der Waals surface area contributed by atoms with Gasteiger partial charge in [0.15, 0.2) is 11.7 Å². The van der Waals surface area contributed by atoms with Crippen molar-refractivity contribution in [3.8, 4) is 5.75 Å². The number of aromatic nitrogens is 1. The summed E-state index contributed by atoms with van der Waals surface area (Å²) in [6, 6.07) is 10.4. The first kappa shape index (κ1) is 22.2. The molecular formula is C23H35N5O2. The number of nitrogens with zero attached hydrogens (tertiary/aromatic N) is 3. The van der Waals surface area contributed by atoms with E-state index in [4.69, 9.17) is 9.26 Å². The Hall–Kier alpha value is -2.54. The molecule has 2 heterocycles. The fraction of sp³-hybridized carbons (Fsp3) is 0.565. The molecule has 0 unspecified atom stereocenters. The third-order valence-electron chi connectivity index (χ3n) is 5.65. The highest BCUT2D eigenvalue weighted by Crippen LogP contribution is 2.20. The zero-order valence-corrected chi connectivity index (χ0v) is 18.6. The van der Waals surface area contributed by atoms with E-state index >= 15 is 0 Å². The number of hydrogen-bond acceptors (Lipinski definition) is 5. The number of likely N-dealkylation sites (tertiary alicyclic amines) is 1. The van der Waals surface area contributed by atoms with E-state index in [9.17, 15) is 0 Å². The van der Waals surface area contributed by atoms with Crippen molar-refractivity contribution in [2.75, 3.05) is 33.8 Å². The number of benzene rings is 1. The Balaban J connectivity index is 1.36. The highest BCUT2D eigenvalue weighted by Gasteiger charge is 2.19. The second-order valence-corrected chi connectivity index (χ2v) is 8.25. The molecule has 164 valence electrons. The van der Waals surface area contributed by atoms with Crippen molar-refractivity contribution >= 4 is 5.96 Å². The van der Waals surface area contributed by atoms with Gasteiger partial charge < -0.3 is 19.9 Å². The monoisotopic (exact) mass is 413 g/mol. The van der Waals surface area contributed by atoms with Crippen molar-refractivity contribution < 1.29 is 9.26 Å². The van der Waals surface area contributed by atoms with Crippen LogP contribution >= 0.6 is 0 Å². The van der Waals surface area contributed by atoms with Gasteiger partial charge in [0.25, 0.3) is 0 Å². The quantitative estimate of drug-likeness (QED) is 0.510. The lowest BCUT2D eigenvalue weighted by Crippen LogP contribution is -2.42. The number of guanidine groups is 1. The molecule has 0 spiro atoms. The van der Waals surface area contributed by atoms with E-state index < -0.39 is 0 Å². The second kappa shape index (κ2) is 11.0. The number of methoxy groups -OCH3 is 1. The van der Waals surface area contributed by atoms with Crippen molar-refractivity contribution in [2.24, 2.45) is 10.9 Å². The molecular weight excluding hydrogens is 378 g/mol. The Morgan fingerprint density at radius 1 is 1.23 bits per heavy atom. The normalized spacial score (nSPS) is 16.1. The van der Waals surface area contributed by atoms with Gasteiger partial charge in [-0.25, -0.2) is 0 Å². The van der Waals surface area contributed by atoms with Gasteiger partial charge in [-0.3, -0.25) is 9.89 Å². The predicted molar refractivity (Wildman–Crippen MR) is 120 cm³/mol. The molecule has 3 rings (SSSR count). The van der Waals surface area contributed by atoms with Crippen LogP contribution in [0.1, 0.15) is 49.6 Å². The number of piperidine rings is 1. The van der Waals surface area contributed by atoms with Gasteiger partial charge in [0, 0.05) is 26.2 Å². The maximum Gasteiger partial charge on any atom is 0.191 e. The minimum absolute atomic E-state index is 0.371. The number of aliphatic imine (C=N–C) groups is 1. The second-order valence-electron chi connectivity index (χ2n) is 8.25. The van der Waals surface area contributed by atoms with E-state index in [2.05, 4.69) is 51.7 Å². The zero-order valence-electron chi connectivity index (χ0n) is 18.6. The zero-order chi connectivity index (χ0) is 21.3. The molecule has 1 aromatic heterocycles. The molecule has 2 N–H and O–H groups in total. The van der Waals surface area contributed by atoms with E-state index in [1.165, 1.54) is 18.4 Å². The molecule has 2 aromatic rings. The van der Waals surface area contributed by atoms with Gasteiger partial charge >= 0.3 is 0 Å². The summed E-state index contributed by atoms with van der Waals surface area (Å²) in [4.78, 5) is 6.86. The molecule has 0 bridgehead atoms. The average Bonchev–Trinajstić information content (AvgIpc) is 3.25. The summed E-state index contributed by atoms with van der Waals surface area (Å²) in [5, 5.41) is 10.9. The van der Waals surface area contributed by atoms with Crippen LogP contribution in [0.25, 0.3) is 0 Å². The summed E-state index contributed by atoms with van der Waals surface area (Å²) in [6.07, 6.45) is 2.39. The smallest absolute Gasteiger partial charge is 0.191 e. The van der Waals surface area contributed by atoms with Crippen LogP contribution in [-0.2, 0) is 13.1 Å². The minimum Gasteiger partial charge on any atom is -0.497 e. The molecule has 0 saturated carbocycles. The van der Waals surface area contributed by atoms with E-state index in [-0.39, 0.29) is 0 Å². The average molecular weight is 414 g/mol. The SMILES string of the molecule is CN=C(NCc1cc(C(C)C)no1)NCC1CCN(Cc2ccc(OC)cc2)CC1. The van der Waals surface area contributed by atoms with E-state index in [1.807, 2.05) is 18.2 Å². The largest absolute Gasteiger partial charge is 0.497 e. The number of nitrogens with one attached hydrogen (secondary N) is 2. The summed E-state index contributed by atoms with van der Waals surface area (Å²) < 4.78 is 10.6. The lowest BCUT2D eigenvalue weighted by molar-refractivity contribution is 0.178. The lowest BCUT2D eigenvalue weighted by atomic mass is 9.96. The summed E-state index contributed by atoms with van der Waals surface area (Å²) >= 11 is 0. The Kier molecular flexibility index (Phi) is 8.13. The van der Waals surface area contributed by atoms with Crippen molar-refractivity contribution in [3.63, 3.8) is 0 Å².